The molecule has 0 spiro atoms. The summed E-state index contributed by atoms with van der Waals surface area (Å²) in [7, 11) is 1.67. The highest BCUT2D eigenvalue weighted by Gasteiger charge is 1.98. The molecule has 0 saturated carbocycles. The van der Waals surface area contributed by atoms with Gasteiger partial charge in [0.05, 0.1) is 0 Å². The lowest BCUT2D eigenvalue weighted by molar-refractivity contribution is 0.738. The number of guanidine groups is 1. The fourth-order valence-corrected chi connectivity index (χ4v) is 1.19. The van der Waals surface area contributed by atoms with Crippen molar-refractivity contribution in [2.24, 2.45) is 10.7 Å². The van der Waals surface area contributed by atoms with Gasteiger partial charge in [0.1, 0.15) is 0 Å². The van der Waals surface area contributed by atoms with Gasteiger partial charge in [0.25, 0.3) is 0 Å². The number of hydrogen-bond donors (Lipinski definition) is 2. The molecule has 0 aromatic carbocycles. The molecular formula is C6H15N3S. The van der Waals surface area contributed by atoms with Gasteiger partial charge in [-0.25, -0.2) is 0 Å². The highest BCUT2D eigenvalue weighted by Crippen LogP contribution is 1.94. The Morgan fingerprint density at radius 3 is 2.80 bits per heavy atom. The molecule has 0 aliphatic heterocycles. The Balaban J connectivity index is 3.47. The minimum Gasteiger partial charge on any atom is -0.370 e. The standard InChI is InChI=1S/C6H15N3S/c1-5(4-10-3)9-6(7)8-2/h5H,4H2,1-3H3,(H3,7,8,9). The zero-order valence-corrected chi connectivity index (χ0v) is 7.53. The van der Waals surface area contributed by atoms with E-state index in [-0.39, 0.29) is 0 Å². The van der Waals surface area contributed by atoms with Crippen molar-refractivity contribution in [1.82, 2.24) is 5.32 Å². The highest BCUT2D eigenvalue weighted by molar-refractivity contribution is 7.98. The van der Waals surface area contributed by atoms with Crippen LogP contribution in [0.4, 0.5) is 0 Å². The van der Waals surface area contributed by atoms with Crippen LogP contribution in [0, 0.1) is 0 Å². The van der Waals surface area contributed by atoms with Gasteiger partial charge in [-0.15, -0.1) is 0 Å². The van der Waals surface area contributed by atoms with Gasteiger partial charge in [-0.05, 0) is 13.2 Å². The van der Waals surface area contributed by atoms with Gasteiger partial charge in [0.15, 0.2) is 5.96 Å². The van der Waals surface area contributed by atoms with Crippen molar-refractivity contribution in [2.75, 3.05) is 19.1 Å². The number of thioether (sulfide) groups is 1. The number of nitrogens with zero attached hydrogens (tertiary/aromatic N) is 1. The second kappa shape index (κ2) is 5.41. The van der Waals surface area contributed by atoms with Crippen LogP contribution in [0.3, 0.4) is 0 Å². The first kappa shape index (κ1) is 9.62. The van der Waals surface area contributed by atoms with E-state index in [1.807, 2.05) is 0 Å². The Labute approximate surface area is 66.5 Å². The summed E-state index contributed by atoms with van der Waals surface area (Å²) in [4.78, 5) is 3.78. The number of rotatable bonds is 3. The van der Waals surface area contributed by atoms with E-state index in [1.54, 1.807) is 18.8 Å². The van der Waals surface area contributed by atoms with Crippen molar-refractivity contribution in [3.05, 3.63) is 0 Å². The molecule has 0 amide bonds. The Morgan fingerprint density at radius 2 is 2.40 bits per heavy atom. The maximum Gasteiger partial charge on any atom is 0.188 e. The number of aliphatic imine (C=N–C) groups is 1. The van der Waals surface area contributed by atoms with E-state index in [0.29, 0.717) is 12.0 Å². The van der Waals surface area contributed by atoms with Gasteiger partial charge < -0.3 is 11.1 Å². The molecule has 0 aliphatic rings. The normalized spacial score (nSPS) is 14.9. The monoisotopic (exact) mass is 161 g/mol. The van der Waals surface area contributed by atoms with Gasteiger partial charge in [-0.1, -0.05) is 0 Å². The first-order valence-corrected chi connectivity index (χ1v) is 4.57. The zero-order valence-electron chi connectivity index (χ0n) is 6.72. The first-order valence-electron chi connectivity index (χ1n) is 3.18. The van der Waals surface area contributed by atoms with E-state index in [9.17, 15) is 0 Å². The topological polar surface area (TPSA) is 50.4 Å². The molecule has 3 nitrogen and oxygen atoms in total. The third-order valence-electron chi connectivity index (χ3n) is 1.05. The molecule has 1 unspecified atom stereocenters. The maximum atomic E-state index is 5.43. The predicted octanol–water partition coefficient (Wildman–Crippen LogP) is 0.272. The van der Waals surface area contributed by atoms with Crippen molar-refractivity contribution in [3.8, 4) is 0 Å². The van der Waals surface area contributed by atoms with Crippen molar-refractivity contribution in [3.63, 3.8) is 0 Å². The van der Waals surface area contributed by atoms with Crippen LogP contribution < -0.4 is 11.1 Å². The highest BCUT2D eigenvalue weighted by atomic mass is 32.2. The molecule has 0 heterocycles. The van der Waals surface area contributed by atoms with Gasteiger partial charge >= 0.3 is 0 Å². The maximum absolute atomic E-state index is 5.43. The molecule has 0 radical (unpaired) electrons. The molecule has 0 saturated heterocycles. The summed E-state index contributed by atoms with van der Waals surface area (Å²) >= 11 is 1.79. The molecule has 1 atom stereocenters. The van der Waals surface area contributed by atoms with Gasteiger partial charge in [0.2, 0.25) is 0 Å². The summed E-state index contributed by atoms with van der Waals surface area (Å²) in [6.45, 7) is 2.08. The van der Waals surface area contributed by atoms with E-state index in [1.165, 1.54) is 0 Å². The Kier molecular flexibility index (Phi) is 5.20. The smallest absolute Gasteiger partial charge is 0.188 e. The summed E-state index contributed by atoms with van der Waals surface area (Å²) in [6.07, 6.45) is 2.07. The fourth-order valence-electron chi connectivity index (χ4n) is 0.609. The van der Waals surface area contributed by atoms with E-state index < -0.39 is 0 Å². The van der Waals surface area contributed by atoms with Crippen LogP contribution >= 0.6 is 11.8 Å². The quantitative estimate of drug-likeness (QED) is 0.461. The predicted molar refractivity (Wildman–Crippen MR) is 48.5 cm³/mol. The van der Waals surface area contributed by atoms with Crippen molar-refractivity contribution < 1.29 is 0 Å². The summed E-state index contributed by atoms with van der Waals surface area (Å²) < 4.78 is 0. The lowest BCUT2D eigenvalue weighted by atomic mass is 10.4. The average Bonchev–Trinajstić information content (AvgIpc) is 1.88. The summed E-state index contributed by atoms with van der Waals surface area (Å²) in [5.74, 6) is 1.57. The van der Waals surface area contributed by atoms with Gasteiger partial charge in [-0.2, -0.15) is 11.8 Å². The minimum absolute atomic E-state index is 0.402. The molecule has 0 bridgehead atoms. The van der Waals surface area contributed by atoms with Crippen molar-refractivity contribution in [2.45, 2.75) is 13.0 Å². The fraction of sp³-hybridized carbons (Fsp3) is 0.833. The molecule has 0 aromatic rings. The Morgan fingerprint density at radius 1 is 1.80 bits per heavy atom. The molecule has 4 heteroatoms. The molecule has 60 valence electrons. The van der Waals surface area contributed by atoms with Gasteiger partial charge in [0, 0.05) is 18.8 Å². The molecule has 10 heavy (non-hydrogen) atoms. The SMILES string of the molecule is CN=C(N)NC(C)CSC. The van der Waals surface area contributed by atoms with Crippen LogP contribution in [0.25, 0.3) is 0 Å². The van der Waals surface area contributed by atoms with Crippen LogP contribution in [0.5, 0.6) is 0 Å². The number of nitrogens with two attached hydrogens (primary N) is 1. The summed E-state index contributed by atoms with van der Waals surface area (Å²) in [6, 6.07) is 0.402. The molecule has 0 aromatic heterocycles. The Bertz CT molecular complexity index is 114. The van der Waals surface area contributed by atoms with E-state index in [0.717, 1.165) is 5.75 Å². The van der Waals surface area contributed by atoms with Crippen LogP contribution in [0.1, 0.15) is 6.92 Å². The molecule has 3 N–H and O–H groups in total. The second-order valence-electron chi connectivity index (χ2n) is 2.11. The van der Waals surface area contributed by atoms with E-state index >= 15 is 0 Å². The van der Waals surface area contributed by atoms with Crippen LogP contribution in [-0.4, -0.2) is 31.1 Å². The molecule has 0 fully saturated rings. The van der Waals surface area contributed by atoms with Crippen molar-refractivity contribution in [1.29, 1.82) is 0 Å². The largest absolute Gasteiger partial charge is 0.370 e. The average molecular weight is 161 g/mol. The van der Waals surface area contributed by atoms with Crippen LogP contribution in [0.15, 0.2) is 4.99 Å². The number of hydrogen-bond acceptors (Lipinski definition) is 2. The van der Waals surface area contributed by atoms with E-state index in [2.05, 4.69) is 23.5 Å². The van der Waals surface area contributed by atoms with Gasteiger partial charge in [-0.3, -0.25) is 4.99 Å². The molecular weight excluding hydrogens is 146 g/mol. The van der Waals surface area contributed by atoms with Crippen molar-refractivity contribution >= 4 is 17.7 Å². The van der Waals surface area contributed by atoms with Crippen LogP contribution in [0.2, 0.25) is 0 Å². The minimum atomic E-state index is 0.402. The zero-order chi connectivity index (χ0) is 7.98. The van der Waals surface area contributed by atoms with Crippen LogP contribution in [-0.2, 0) is 0 Å². The third-order valence-corrected chi connectivity index (χ3v) is 1.89. The summed E-state index contributed by atoms with van der Waals surface area (Å²) in [5, 5.41) is 3.04. The lowest BCUT2D eigenvalue weighted by Crippen LogP contribution is -2.39. The number of nitrogens with one attached hydrogen (secondary N) is 1. The summed E-state index contributed by atoms with van der Waals surface area (Å²) in [5.41, 5.74) is 5.43. The second-order valence-corrected chi connectivity index (χ2v) is 3.02. The Hall–Kier alpha value is -0.380. The lowest BCUT2D eigenvalue weighted by Gasteiger charge is -2.11. The third kappa shape index (κ3) is 4.49. The molecule has 0 rings (SSSR count). The van der Waals surface area contributed by atoms with E-state index in [4.69, 9.17) is 5.73 Å². The molecule has 0 aliphatic carbocycles. The first-order chi connectivity index (χ1) is 4.70.